The van der Waals surface area contributed by atoms with Crippen LogP contribution in [0.1, 0.15) is 0 Å². The van der Waals surface area contributed by atoms with Crippen molar-refractivity contribution in [3.8, 4) is 34.2 Å². The highest BCUT2D eigenvalue weighted by molar-refractivity contribution is 6.31. The monoisotopic (exact) mass is 651 g/mol. The van der Waals surface area contributed by atoms with Crippen molar-refractivity contribution in [2.24, 2.45) is 0 Å². The van der Waals surface area contributed by atoms with Crippen molar-refractivity contribution in [3.05, 3.63) is 152 Å². The molecule has 0 saturated carbocycles. The first-order valence-corrected chi connectivity index (χ1v) is 17.1. The highest BCUT2D eigenvalue weighted by atomic mass is 16.3. The SMILES string of the molecule is c1ccc(-c2nc(-c3ccccc3)nc(-c3cc4c5ccccc5n5c6cccc7c8ccccc8n(c8cccc9oc3c(c98)c45)c76)n2)cc1. The van der Waals surface area contributed by atoms with Gasteiger partial charge in [0.05, 0.1) is 49.4 Å². The van der Waals surface area contributed by atoms with Crippen LogP contribution in [0.5, 0.6) is 0 Å². The third-order valence-corrected chi connectivity index (χ3v) is 10.5. The van der Waals surface area contributed by atoms with Crippen molar-refractivity contribution in [2.45, 2.75) is 0 Å². The van der Waals surface area contributed by atoms with Gasteiger partial charge in [-0.25, -0.2) is 15.0 Å². The summed E-state index contributed by atoms with van der Waals surface area (Å²) >= 11 is 0. The van der Waals surface area contributed by atoms with Gasteiger partial charge in [-0.2, -0.15) is 0 Å². The summed E-state index contributed by atoms with van der Waals surface area (Å²) in [6.07, 6.45) is 0. The van der Waals surface area contributed by atoms with Crippen molar-refractivity contribution < 1.29 is 4.42 Å². The molecule has 0 saturated heterocycles. The van der Waals surface area contributed by atoms with E-state index < -0.39 is 0 Å². The van der Waals surface area contributed by atoms with Gasteiger partial charge in [0.15, 0.2) is 17.5 Å². The lowest BCUT2D eigenvalue weighted by atomic mass is 10.0. The molecule has 5 aromatic heterocycles. The summed E-state index contributed by atoms with van der Waals surface area (Å²) in [5, 5.41) is 6.84. The predicted molar refractivity (Wildman–Crippen MR) is 207 cm³/mol. The molecule has 0 aliphatic heterocycles. The maximum absolute atomic E-state index is 7.01. The summed E-state index contributed by atoms with van der Waals surface area (Å²) in [4.78, 5) is 15.3. The van der Waals surface area contributed by atoms with E-state index in [4.69, 9.17) is 19.4 Å². The van der Waals surface area contributed by atoms with Crippen LogP contribution in [0.15, 0.2) is 156 Å². The molecule has 0 radical (unpaired) electrons. The third-order valence-electron chi connectivity index (χ3n) is 10.5. The van der Waals surface area contributed by atoms with E-state index >= 15 is 0 Å². The van der Waals surface area contributed by atoms with Gasteiger partial charge in [0.25, 0.3) is 0 Å². The molecule has 6 heteroatoms. The summed E-state index contributed by atoms with van der Waals surface area (Å²) in [5.74, 6) is 1.80. The molecule has 0 unspecified atom stereocenters. The fourth-order valence-electron chi connectivity index (χ4n) is 8.38. The highest BCUT2D eigenvalue weighted by Gasteiger charge is 2.26. The molecule has 0 fully saturated rings. The van der Waals surface area contributed by atoms with Gasteiger partial charge < -0.3 is 13.2 Å². The van der Waals surface area contributed by atoms with E-state index in [1.807, 2.05) is 60.7 Å². The van der Waals surface area contributed by atoms with Crippen molar-refractivity contribution >= 4 is 76.6 Å². The van der Waals surface area contributed by atoms with E-state index in [0.29, 0.717) is 17.5 Å². The van der Waals surface area contributed by atoms with E-state index in [0.717, 1.165) is 77.0 Å². The van der Waals surface area contributed by atoms with Crippen LogP contribution in [-0.2, 0) is 0 Å². The Bertz CT molecular complexity index is 3300. The summed E-state index contributed by atoms with van der Waals surface area (Å²) < 4.78 is 11.9. The maximum Gasteiger partial charge on any atom is 0.167 e. The normalized spacial score (nSPS) is 12.3. The minimum Gasteiger partial charge on any atom is -0.455 e. The fraction of sp³-hybridized carbons (Fsp3) is 0. The Morgan fingerprint density at radius 2 is 0.922 bits per heavy atom. The number of aromatic nitrogens is 5. The third kappa shape index (κ3) is 3.52. The summed E-state index contributed by atoms with van der Waals surface area (Å²) in [6.45, 7) is 0. The van der Waals surface area contributed by atoms with E-state index in [1.165, 1.54) is 16.3 Å². The molecule has 6 nitrogen and oxygen atoms in total. The molecule has 12 rings (SSSR count). The van der Waals surface area contributed by atoms with Crippen LogP contribution in [0.25, 0.3) is 111 Å². The molecule has 0 aliphatic rings. The Hall–Kier alpha value is -7.05. The average Bonchev–Trinajstić information content (AvgIpc) is 3.85. The van der Waals surface area contributed by atoms with E-state index in [9.17, 15) is 0 Å². The number of fused-ring (bicyclic) bond motifs is 8. The highest BCUT2D eigenvalue weighted by Crippen LogP contribution is 2.47. The van der Waals surface area contributed by atoms with E-state index in [2.05, 4.69) is 99.8 Å². The number of hydrogen-bond acceptors (Lipinski definition) is 4. The second-order valence-corrected chi connectivity index (χ2v) is 13.2. The van der Waals surface area contributed by atoms with Gasteiger partial charge in [0.2, 0.25) is 0 Å². The second-order valence-electron chi connectivity index (χ2n) is 13.2. The number of benzene rings is 7. The van der Waals surface area contributed by atoms with Gasteiger partial charge in [-0.15, -0.1) is 0 Å². The molecule has 0 aliphatic carbocycles. The zero-order chi connectivity index (χ0) is 33.2. The van der Waals surface area contributed by atoms with Gasteiger partial charge >= 0.3 is 0 Å². The van der Waals surface area contributed by atoms with Crippen molar-refractivity contribution in [3.63, 3.8) is 0 Å². The molecule has 0 spiro atoms. The molecule has 236 valence electrons. The Morgan fingerprint density at radius 3 is 1.63 bits per heavy atom. The molecule has 5 heterocycles. The van der Waals surface area contributed by atoms with Gasteiger partial charge in [-0.05, 0) is 36.4 Å². The van der Waals surface area contributed by atoms with Gasteiger partial charge in [-0.1, -0.05) is 115 Å². The summed E-state index contributed by atoms with van der Waals surface area (Å²) in [7, 11) is 0. The molecule has 0 bridgehead atoms. The second kappa shape index (κ2) is 9.77. The number of furan rings is 1. The Morgan fingerprint density at radius 1 is 0.392 bits per heavy atom. The van der Waals surface area contributed by atoms with Crippen molar-refractivity contribution in [1.82, 2.24) is 23.8 Å². The first-order valence-electron chi connectivity index (χ1n) is 17.1. The van der Waals surface area contributed by atoms with Crippen LogP contribution in [-0.4, -0.2) is 23.8 Å². The van der Waals surface area contributed by atoms with Crippen molar-refractivity contribution in [1.29, 1.82) is 0 Å². The largest absolute Gasteiger partial charge is 0.455 e. The Kier molecular flexibility index (Phi) is 5.14. The number of rotatable bonds is 3. The Labute approximate surface area is 289 Å². The first-order chi connectivity index (χ1) is 25.3. The maximum atomic E-state index is 7.01. The van der Waals surface area contributed by atoms with Crippen LogP contribution in [0, 0.1) is 0 Å². The van der Waals surface area contributed by atoms with Crippen LogP contribution in [0.3, 0.4) is 0 Å². The van der Waals surface area contributed by atoms with E-state index in [-0.39, 0.29) is 0 Å². The fourth-order valence-corrected chi connectivity index (χ4v) is 8.38. The van der Waals surface area contributed by atoms with Crippen LogP contribution >= 0.6 is 0 Å². The molecule has 7 aromatic carbocycles. The summed E-state index contributed by atoms with van der Waals surface area (Å²) in [6, 6.07) is 52.9. The zero-order valence-electron chi connectivity index (χ0n) is 27.1. The molecular formula is C45H25N5O. The van der Waals surface area contributed by atoms with E-state index in [1.54, 1.807) is 0 Å². The van der Waals surface area contributed by atoms with Gasteiger partial charge in [-0.3, -0.25) is 0 Å². The minimum atomic E-state index is 0.568. The standard InChI is InChI=1S/C45H25N5O/c1-3-13-26(14-4-1)43-46-44(27-15-5-2-6-16-27)48-45(47-43)32-25-31-29-18-8-10-21-34(29)50-36-23-11-19-30-28-17-7-9-20-33(28)49(40(30)36)35-22-12-24-37-38(35)39(41(31)50)42(32)51-37/h1-25H. The molecule has 51 heavy (non-hydrogen) atoms. The zero-order valence-corrected chi connectivity index (χ0v) is 27.1. The molecule has 0 N–H and O–H groups in total. The number of para-hydroxylation sites is 3. The average molecular weight is 652 g/mol. The lowest BCUT2D eigenvalue weighted by Gasteiger charge is -2.11. The molecular weight excluding hydrogens is 627 g/mol. The quantitative estimate of drug-likeness (QED) is 0.191. The topological polar surface area (TPSA) is 60.6 Å². The molecule has 0 atom stereocenters. The number of nitrogens with zero attached hydrogens (tertiary/aromatic N) is 5. The lowest BCUT2D eigenvalue weighted by molar-refractivity contribution is 0.670. The number of hydrogen-bond donors (Lipinski definition) is 0. The molecule has 12 aromatic rings. The first kappa shape index (κ1) is 26.9. The van der Waals surface area contributed by atoms with Crippen molar-refractivity contribution in [2.75, 3.05) is 0 Å². The predicted octanol–water partition coefficient (Wildman–Crippen LogP) is 11.3. The minimum absolute atomic E-state index is 0.568. The van der Waals surface area contributed by atoms with Gasteiger partial charge in [0, 0.05) is 32.7 Å². The smallest absolute Gasteiger partial charge is 0.167 e. The molecule has 0 amide bonds. The van der Waals surface area contributed by atoms with Crippen LogP contribution in [0.4, 0.5) is 0 Å². The van der Waals surface area contributed by atoms with Crippen LogP contribution in [0.2, 0.25) is 0 Å². The Balaban J connectivity index is 1.34. The lowest BCUT2D eigenvalue weighted by Crippen LogP contribution is -2.00. The van der Waals surface area contributed by atoms with Crippen LogP contribution < -0.4 is 0 Å². The summed E-state index contributed by atoms with van der Waals surface area (Å²) in [5.41, 5.74) is 11.1. The van der Waals surface area contributed by atoms with Gasteiger partial charge in [0.1, 0.15) is 11.2 Å².